The number of Topliss-reactive ketones (excluding diaryl/α,β-unsaturated/α-hetero) is 1. The Morgan fingerprint density at radius 2 is 1.56 bits per heavy atom. The Kier molecular flexibility index (Phi) is 5.61. The molecule has 0 aliphatic heterocycles. The molecule has 2 nitrogen and oxygen atoms in total. The van der Waals surface area contributed by atoms with Gasteiger partial charge in [0.25, 0.3) is 0 Å². The standard InChI is InChI=1S/C21H17BrFNO/c22-17-8-6-16(7-9-17)21(25)14-20(15-4-2-1-3-5-15)24-19-12-10-18(23)11-13-19/h1-13,20,24H,14H2/t20-/m1/s1. The number of hydrogen-bond donors (Lipinski definition) is 1. The van der Waals surface area contributed by atoms with Gasteiger partial charge in [0.1, 0.15) is 5.82 Å². The highest BCUT2D eigenvalue weighted by molar-refractivity contribution is 9.10. The summed E-state index contributed by atoms with van der Waals surface area (Å²) in [5.74, 6) is -0.233. The van der Waals surface area contributed by atoms with Crippen molar-refractivity contribution in [3.63, 3.8) is 0 Å². The van der Waals surface area contributed by atoms with Crippen molar-refractivity contribution in [3.8, 4) is 0 Å². The Balaban J connectivity index is 1.82. The predicted molar refractivity (Wildman–Crippen MR) is 102 cm³/mol. The van der Waals surface area contributed by atoms with Gasteiger partial charge in [-0.05, 0) is 42.0 Å². The van der Waals surface area contributed by atoms with E-state index in [2.05, 4.69) is 21.2 Å². The van der Waals surface area contributed by atoms with Gasteiger partial charge in [-0.15, -0.1) is 0 Å². The Morgan fingerprint density at radius 1 is 0.920 bits per heavy atom. The van der Waals surface area contributed by atoms with E-state index in [9.17, 15) is 9.18 Å². The Morgan fingerprint density at radius 3 is 2.20 bits per heavy atom. The van der Waals surface area contributed by atoms with Crippen LogP contribution in [0.1, 0.15) is 28.4 Å². The van der Waals surface area contributed by atoms with Crippen LogP contribution in [0.2, 0.25) is 0 Å². The lowest BCUT2D eigenvalue weighted by molar-refractivity contribution is 0.0976. The monoisotopic (exact) mass is 397 g/mol. The molecule has 0 radical (unpaired) electrons. The van der Waals surface area contributed by atoms with Crippen LogP contribution in [0.5, 0.6) is 0 Å². The summed E-state index contributed by atoms with van der Waals surface area (Å²) in [5.41, 5.74) is 2.46. The van der Waals surface area contributed by atoms with Crippen LogP contribution in [0.25, 0.3) is 0 Å². The molecule has 0 aliphatic rings. The third-order valence-electron chi connectivity index (χ3n) is 3.94. The SMILES string of the molecule is O=C(C[C@@H](Nc1ccc(F)cc1)c1ccccc1)c1ccc(Br)cc1. The molecule has 0 bridgehead atoms. The summed E-state index contributed by atoms with van der Waals surface area (Å²) >= 11 is 3.38. The first kappa shape index (κ1) is 17.4. The van der Waals surface area contributed by atoms with Crippen molar-refractivity contribution in [1.82, 2.24) is 0 Å². The largest absolute Gasteiger partial charge is 0.378 e. The zero-order valence-electron chi connectivity index (χ0n) is 13.5. The van der Waals surface area contributed by atoms with Gasteiger partial charge in [-0.3, -0.25) is 4.79 Å². The first-order valence-electron chi connectivity index (χ1n) is 7.97. The van der Waals surface area contributed by atoms with Crippen LogP contribution in [0, 0.1) is 5.82 Å². The van der Waals surface area contributed by atoms with Gasteiger partial charge >= 0.3 is 0 Å². The summed E-state index contributed by atoms with van der Waals surface area (Å²) in [7, 11) is 0. The summed E-state index contributed by atoms with van der Waals surface area (Å²) in [5, 5.41) is 3.34. The number of hydrogen-bond acceptors (Lipinski definition) is 2. The van der Waals surface area contributed by atoms with E-state index in [1.807, 2.05) is 54.6 Å². The third-order valence-corrected chi connectivity index (χ3v) is 4.47. The van der Waals surface area contributed by atoms with Crippen molar-refractivity contribution in [2.75, 3.05) is 5.32 Å². The van der Waals surface area contributed by atoms with Gasteiger partial charge in [0.15, 0.2) is 5.78 Å². The molecule has 3 aromatic rings. The molecule has 4 heteroatoms. The van der Waals surface area contributed by atoms with E-state index in [0.29, 0.717) is 12.0 Å². The number of carbonyl (C=O) groups excluding carboxylic acids is 1. The zero-order valence-corrected chi connectivity index (χ0v) is 15.0. The molecule has 0 saturated heterocycles. The predicted octanol–water partition coefficient (Wildman–Crippen LogP) is 6.01. The number of ketones is 1. The molecule has 0 aromatic heterocycles. The lowest BCUT2D eigenvalue weighted by Crippen LogP contribution is -2.15. The lowest BCUT2D eigenvalue weighted by Gasteiger charge is -2.20. The van der Waals surface area contributed by atoms with Crippen molar-refractivity contribution < 1.29 is 9.18 Å². The number of benzene rings is 3. The fourth-order valence-electron chi connectivity index (χ4n) is 2.62. The summed E-state index contributed by atoms with van der Waals surface area (Å²) in [4.78, 5) is 12.7. The second-order valence-electron chi connectivity index (χ2n) is 5.75. The molecule has 1 N–H and O–H groups in total. The molecule has 3 aromatic carbocycles. The summed E-state index contributed by atoms with van der Waals surface area (Å²) in [6, 6.07) is 23.1. The van der Waals surface area contributed by atoms with E-state index in [0.717, 1.165) is 15.7 Å². The van der Waals surface area contributed by atoms with Gasteiger partial charge < -0.3 is 5.32 Å². The van der Waals surface area contributed by atoms with Crippen LogP contribution in [-0.2, 0) is 0 Å². The number of anilines is 1. The average molecular weight is 398 g/mol. The molecule has 25 heavy (non-hydrogen) atoms. The number of carbonyl (C=O) groups is 1. The number of nitrogens with one attached hydrogen (secondary N) is 1. The molecular formula is C21H17BrFNO. The van der Waals surface area contributed by atoms with Crippen LogP contribution < -0.4 is 5.32 Å². The van der Waals surface area contributed by atoms with Crippen LogP contribution >= 0.6 is 15.9 Å². The van der Waals surface area contributed by atoms with Crippen molar-refractivity contribution in [2.45, 2.75) is 12.5 Å². The molecule has 0 aliphatic carbocycles. The van der Waals surface area contributed by atoms with Crippen molar-refractivity contribution in [3.05, 3.63) is 100 Å². The molecule has 0 spiro atoms. The highest BCUT2D eigenvalue weighted by Crippen LogP contribution is 2.25. The smallest absolute Gasteiger partial charge is 0.165 e. The maximum absolute atomic E-state index is 13.1. The summed E-state index contributed by atoms with van der Waals surface area (Å²) in [6.45, 7) is 0. The van der Waals surface area contributed by atoms with Crippen molar-refractivity contribution in [2.24, 2.45) is 0 Å². The Hall–Kier alpha value is -2.46. The molecular weight excluding hydrogens is 381 g/mol. The molecule has 126 valence electrons. The van der Waals surface area contributed by atoms with Crippen LogP contribution in [0.15, 0.2) is 83.3 Å². The van der Waals surface area contributed by atoms with Crippen molar-refractivity contribution >= 4 is 27.4 Å². The maximum atomic E-state index is 13.1. The highest BCUT2D eigenvalue weighted by atomic mass is 79.9. The van der Waals surface area contributed by atoms with Crippen LogP contribution in [-0.4, -0.2) is 5.78 Å². The molecule has 0 heterocycles. The number of rotatable bonds is 6. The lowest BCUT2D eigenvalue weighted by atomic mass is 9.97. The van der Waals surface area contributed by atoms with E-state index in [-0.39, 0.29) is 17.6 Å². The van der Waals surface area contributed by atoms with Gasteiger partial charge in [0.05, 0.1) is 6.04 Å². The topological polar surface area (TPSA) is 29.1 Å². The molecule has 0 amide bonds. The number of halogens is 2. The van der Waals surface area contributed by atoms with Crippen LogP contribution in [0.3, 0.4) is 0 Å². The normalized spacial score (nSPS) is 11.8. The molecule has 0 fully saturated rings. The fraction of sp³-hybridized carbons (Fsp3) is 0.0952. The van der Waals surface area contributed by atoms with E-state index in [4.69, 9.17) is 0 Å². The Bertz CT molecular complexity index is 832. The van der Waals surface area contributed by atoms with Gasteiger partial charge in [-0.25, -0.2) is 4.39 Å². The minimum Gasteiger partial charge on any atom is -0.378 e. The highest BCUT2D eigenvalue weighted by Gasteiger charge is 2.17. The molecule has 3 rings (SSSR count). The van der Waals surface area contributed by atoms with Gasteiger partial charge in [-0.1, -0.05) is 58.4 Å². The molecule has 0 unspecified atom stereocenters. The van der Waals surface area contributed by atoms with E-state index in [1.165, 1.54) is 12.1 Å². The summed E-state index contributed by atoms with van der Waals surface area (Å²) < 4.78 is 14.1. The minimum atomic E-state index is -0.284. The average Bonchev–Trinajstić information content (AvgIpc) is 2.64. The van der Waals surface area contributed by atoms with Gasteiger partial charge in [0.2, 0.25) is 0 Å². The molecule has 0 saturated carbocycles. The quantitative estimate of drug-likeness (QED) is 0.515. The third kappa shape index (κ3) is 4.77. The van der Waals surface area contributed by atoms with Gasteiger partial charge in [-0.2, -0.15) is 0 Å². The van der Waals surface area contributed by atoms with E-state index < -0.39 is 0 Å². The zero-order chi connectivity index (χ0) is 17.6. The van der Waals surface area contributed by atoms with E-state index >= 15 is 0 Å². The minimum absolute atomic E-state index is 0.0518. The van der Waals surface area contributed by atoms with Gasteiger partial charge in [0, 0.05) is 22.1 Å². The maximum Gasteiger partial charge on any atom is 0.165 e. The summed E-state index contributed by atoms with van der Waals surface area (Å²) in [6.07, 6.45) is 0.309. The first-order chi connectivity index (χ1) is 12.1. The van der Waals surface area contributed by atoms with E-state index in [1.54, 1.807) is 12.1 Å². The fourth-order valence-corrected chi connectivity index (χ4v) is 2.89. The second kappa shape index (κ2) is 8.08. The second-order valence-corrected chi connectivity index (χ2v) is 6.66. The first-order valence-corrected chi connectivity index (χ1v) is 8.77. The Labute approximate surface area is 154 Å². The molecule has 1 atom stereocenters. The van der Waals surface area contributed by atoms with Crippen molar-refractivity contribution in [1.29, 1.82) is 0 Å². The van der Waals surface area contributed by atoms with Crippen LogP contribution in [0.4, 0.5) is 10.1 Å².